The molecule has 3 heteroatoms. The Bertz CT molecular complexity index is 617. The van der Waals surface area contributed by atoms with Crippen molar-refractivity contribution in [3.8, 4) is 0 Å². The summed E-state index contributed by atoms with van der Waals surface area (Å²) in [6.45, 7) is 6.40. The van der Waals surface area contributed by atoms with E-state index in [0.29, 0.717) is 12.3 Å². The van der Waals surface area contributed by atoms with Crippen LogP contribution in [-0.2, 0) is 11.2 Å². The number of carboxylic acids is 1. The summed E-state index contributed by atoms with van der Waals surface area (Å²) in [7, 11) is 0. The number of carboxylic acid groups (broad SMARTS) is 1. The van der Waals surface area contributed by atoms with Crippen LogP contribution in [0, 0.1) is 6.92 Å². The molecule has 0 radical (unpaired) electrons. The van der Waals surface area contributed by atoms with Crippen LogP contribution >= 0.6 is 0 Å². The summed E-state index contributed by atoms with van der Waals surface area (Å²) < 4.78 is 0. The van der Waals surface area contributed by atoms with E-state index in [1.807, 2.05) is 12.1 Å². The zero-order chi connectivity index (χ0) is 14.0. The summed E-state index contributed by atoms with van der Waals surface area (Å²) in [5, 5.41) is 9.88. The molecule has 0 unspecified atom stereocenters. The molecule has 0 fully saturated rings. The van der Waals surface area contributed by atoms with Gasteiger partial charge in [0.1, 0.15) is 0 Å². The van der Waals surface area contributed by atoms with Crippen molar-refractivity contribution >= 4 is 16.9 Å². The average molecular weight is 257 g/mol. The molecule has 19 heavy (non-hydrogen) atoms. The van der Waals surface area contributed by atoms with Crippen molar-refractivity contribution in [2.24, 2.45) is 0 Å². The Kier molecular flexibility index (Phi) is 3.84. The van der Waals surface area contributed by atoms with Crippen LogP contribution in [0.1, 0.15) is 43.0 Å². The lowest BCUT2D eigenvalue weighted by Crippen LogP contribution is -2.00. The number of aryl methyl sites for hydroxylation is 2. The average Bonchev–Trinajstić information content (AvgIpc) is 2.36. The Hall–Kier alpha value is -1.90. The zero-order valence-corrected chi connectivity index (χ0v) is 11.6. The van der Waals surface area contributed by atoms with E-state index in [1.165, 1.54) is 5.56 Å². The topological polar surface area (TPSA) is 50.2 Å². The minimum atomic E-state index is -0.783. The van der Waals surface area contributed by atoms with Gasteiger partial charge in [-0.15, -0.1) is 0 Å². The van der Waals surface area contributed by atoms with Gasteiger partial charge in [-0.2, -0.15) is 0 Å². The number of fused-ring (bicyclic) bond motifs is 1. The molecule has 0 bridgehead atoms. The lowest BCUT2D eigenvalue weighted by molar-refractivity contribution is -0.136. The smallest absolute Gasteiger partial charge is 0.303 e. The van der Waals surface area contributed by atoms with E-state index in [-0.39, 0.29) is 6.42 Å². The summed E-state index contributed by atoms with van der Waals surface area (Å²) in [4.78, 5) is 15.2. The van der Waals surface area contributed by atoms with E-state index in [4.69, 9.17) is 5.11 Å². The fraction of sp³-hybridized carbons (Fsp3) is 0.375. The molecule has 0 aliphatic rings. The fourth-order valence-corrected chi connectivity index (χ4v) is 2.20. The molecule has 1 N–H and O–H groups in total. The Balaban J connectivity index is 2.41. The van der Waals surface area contributed by atoms with Gasteiger partial charge in [0.2, 0.25) is 0 Å². The predicted molar refractivity (Wildman–Crippen MR) is 76.5 cm³/mol. The Labute approximate surface area is 113 Å². The van der Waals surface area contributed by atoms with Gasteiger partial charge in [0.25, 0.3) is 0 Å². The first-order valence-electron chi connectivity index (χ1n) is 6.59. The number of aliphatic carboxylic acids is 1. The molecule has 3 nitrogen and oxygen atoms in total. The van der Waals surface area contributed by atoms with Crippen molar-refractivity contribution in [3.05, 3.63) is 41.1 Å². The number of hydrogen-bond acceptors (Lipinski definition) is 2. The molecule has 1 aromatic carbocycles. The molecule has 0 saturated heterocycles. The van der Waals surface area contributed by atoms with Crippen molar-refractivity contribution < 1.29 is 9.90 Å². The van der Waals surface area contributed by atoms with Gasteiger partial charge in [-0.05, 0) is 42.2 Å². The van der Waals surface area contributed by atoms with E-state index < -0.39 is 5.97 Å². The van der Waals surface area contributed by atoms with Gasteiger partial charge in [-0.1, -0.05) is 19.9 Å². The second-order valence-electron chi connectivity index (χ2n) is 5.26. The minimum absolute atomic E-state index is 0.127. The van der Waals surface area contributed by atoms with E-state index in [9.17, 15) is 4.79 Å². The van der Waals surface area contributed by atoms with Crippen LogP contribution in [0.2, 0.25) is 0 Å². The van der Waals surface area contributed by atoms with Crippen LogP contribution in [0.5, 0.6) is 0 Å². The highest BCUT2D eigenvalue weighted by Gasteiger charge is 2.07. The van der Waals surface area contributed by atoms with Crippen molar-refractivity contribution in [2.45, 2.75) is 39.5 Å². The molecular formula is C16H19NO2. The monoisotopic (exact) mass is 257 g/mol. The molecule has 0 spiro atoms. The van der Waals surface area contributed by atoms with Gasteiger partial charge in [0, 0.05) is 17.5 Å². The van der Waals surface area contributed by atoms with Crippen molar-refractivity contribution in [3.63, 3.8) is 0 Å². The summed E-state index contributed by atoms with van der Waals surface area (Å²) in [5.41, 5.74) is 4.26. The van der Waals surface area contributed by atoms with Crippen LogP contribution in [0.4, 0.5) is 0 Å². The van der Waals surface area contributed by atoms with Crippen molar-refractivity contribution in [1.82, 2.24) is 4.98 Å². The second-order valence-corrected chi connectivity index (χ2v) is 5.26. The SMILES string of the molecule is Cc1cc(CCC(=O)O)nc2ccc(C(C)C)cc12. The Morgan fingerprint density at radius 2 is 2.05 bits per heavy atom. The third-order valence-electron chi connectivity index (χ3n) is 3.35. The van der Waals surface area contributed by atoms with Crippen LogP contribution in [0.15, 0.2) is 24.3 Å². The predicted octanol–water partition coefficient (Wildman–Crippen LogP) is 3.68. The van der Waals surface area contributed by atoms with Gasteiger partial charge in [0.05, 0.1) is 11.9 Å². The summed E-state index contributed by atoms with van der Waals surface area (Å²) in [6.07, 6.45) is 0.611. The number of carbonyl (C=O) groups is 1. The van der Waals surface area contributed by atoms with E-state index in [2.05, 4.69) is 37.9 Å². The third kappa shape index (κ3) is 3.11. The highest BCUT2D eigenvalue weighted by molar-refractivity contribution is 5.83. The maximum absolute atomic E-state index is 10.6. The number of pyridine rings is 1. The van der Waals surface area contributed by atoms with Gasteiger partial charge in [-0.3, -0.25) is 9.78 Å². The van der Waals surface area contributed by atoms with Crippen LogP contribution < -0.4 is 0 Å². The molecule has 0 aliphatic carbocycles. The zero-order valence-electron chi connectivity index (χ0n) is 11.6. The second kappa shape index (κ2) is 5.39. The van der Waals surface area contributed by atoms with E-state index in [1.54, 1.807) is 0 Å². The first-order valence-corrected chi connectivity index (χ1v) is 6.59. The van der Waals surface area contributed by atoms with Crippen molar-refractivity contribution in [1.29, 1.82) is 0 Å². The number of aromatic nitrogens is 1. The summed E-state index contributed by atoms with van der Waals surface area (Å²) >= 11 is 0. The molecule has 2 rings (SSSR count). The molecule has 2 aromatic rings. The number of hydrogen-bond donors (Lipinski definition) is 1. The first-order chi connectivity index (χ1) is 8.97. The molecule has 0 atom stereocenters. The van der Waals surface area contributed by atoms with Gasteiger partial charge >= 0.3 is 5.97 Å². The largest absolute Gasteiger partial charge is 0.481 e. The highest BCUT2D eigenvalue weighted by atomic mass is 16.4. The Morgan fingerprint density at radius 1 is 1.32 bits per heavy atom. The Morgan fingerprint density at radius 3 is 2.68 bits per heavy atom. The maximum Gasteiger partial charge on any atom is 0.303 e. The van der Waals surface area contributed by atoms with E-state index >= 15 is 0 Å². The molecule has 100 valence electrons. The standard InChI is InChI=1S/C16H19NO2/c1-10(2)12-4-6-15-14(9-12)11(3)8-13(17-15)5-7-16(18)19/h4,6,8-10H,5,7H2,1-3H3,(H,18,19). The first kappa shape index (κ1) is 13.5. The highest BCUT2D eigenvalue weighted by Crippen LogP contribution is 2.23. The number of rotatable bonds is 4. The van der Waals surface area contributed by atoms with Crippen LogP contribution in [-0.4, -0.2) is 16.1 Å². The van der Waals surface area contributed by atoms with E-state index in [0.717, 1.165) is 22.2 Å². The quantitative estimate of drug-likeness (QED) is 0.908. The molecule has 1 aromatic heterocycles. The maximum atomic E-state index is 10.6. The summed E-state index contributed by atoms with van der Waals surface area (Å²) in [5.74, 6) is -0.287. The molecule has 0 amide bonds. The molecular weight excluding hydrogens is 238 g/mol. The number of nitrogens with zero attached hydrogens (tertiary/aromatic N) is 1. The lowest BCUT2D eigenvalue weighted by atomic mass is 9.98. The van der Waals surface area contributed by atoms with Gasteiger partial charge < -0.3 is 5.11 Å². The summed E-state index contributed by atoms with van der Waals surface area (Å²) in [6, 6.07) is 8.31. The fourth-order valence-electron chi connectivity index (χ4n) is 2.20. The molecule has 0 aliphatic heterocycles. The lowest BCUT2D eigenvalue weighted by Gasteiger charge is -2.10. The third-order valence-corrected chi connectivity index (χ3v) is 3.35. The van der Waals surface area contributed by atoms with Crippen LogP contribution in [0.25, 0.3) is 10.9 Å². The normalized spacial score (nSPS) is 11.2. The minimum Gasteiger partial charge on any atom is -0.481 e. The van der Waals surface area contributed by atoms with Gasteiger partial charge in [-0.25, -0.2) is 0 Å². The molecule has 1 heterocycles. The molecule has 0 saturated carbocycles. The number of benzene rings is 1. The van der Waals surface area contributed by atoms with Crippen molar-refractivity contribution in [2.75, 3.05) is 0 Å². The van der Waals surface area contributed by atoms with Gasteiger partial charge in [0.15, 0.2) is 0 Å². The van der Waals surface area contributed by atoms with Crippen LogP contribution in [0.3, 0.4) is 0 Å².